The van der Waals surface area contributed by atoms with Gasteiger partial charge in [0, 0.05) is 38.6 Å². The van der Waals surface area contributed by atoms with Crippen molar-refractivity contribution in [1.29, 1.82) is 0 Å². The van der Waals surface area contributed by atoms with Crippen LogP contribution in [-0.4, -0.2) is 48.2 Å². The lowest BCUT2D eigenvalue weighted by Crippen LogP contribution is -2.57. The van der Waals surface area contributed by atoms with Crippen LogP contribution in [0.4, 0.5) is 0 Å². The highest BCUT2D eigenvalue weighted by Gasteiger charge is 2.36. The summed E-state index contributed by atoms with van der Waals surface area (Å²) in [6.07, 6.45) is 0.535. The van der Waals surface area contributed by atoms with Crippen LogP contribution in [-0.2, 0) is 4.79 Å². The van der Waals surface area contributed by atoms with Crippen molar-refractivity contribution in [3.05, 3.63) is 0 Å². The molecule has 0 saturated carbocycles. The molecule has 68 valence electrons. The first kappa shape index (κ1) is 8.01. The molecule has 0 radical (unpaired) electrons. The van der Waals surface area contributed by atoms with Crippen molar-refractivity contribution in [2.24, 2.45) is 5.92 Å². The summed E-state index contributed by atoms with van der Waals surface area (Å²) in [6.45, 7) is 2.73. The highest BCUT2D eigenvalue weighted by Crippen LogP contribution is 2.20. The van der Waals surface area contributed by atoms with Crippen molar-refractivity contribution in [3.63, 3.8) is 0 Å². The molecule has 1 unspecified atom stereocenters. The number of nitrogens with zero attached hydrogens (tertiary/aromatic N) is 1. The quantitative estimate of drug-likeness (QED) is 0.547. The average Bonchev–Trinajstić information content (AvgIpc) is 2.29. The van der Waals surface area contributed by atoms with Crippen LogP contribution in [0.15, 0.2) is 0 Å². The highest BCUT2D eigenvalue weighted by molar-refractivity contribution is 5.79. The maximum absolute atomic E-state index is 11.4. The van der Waals surface area contributed by atoms with E-state index in [-0.39, 0.29) is 18.4 Å². The van der Waals surface area contributed by atoms with Gasteiger partial charge in [-0.2, -0.15) is 0 Å². The van der Waals surface area contributed by atoms with Crippen LogP contribution in [0.5, 0.6) is 0 Å². The monoisotopic (exact) mass is 170 g/mol. The molecule has 0 aliphatic carbocycles. The van der Waals surface area contributed by atoms with E-state index in [4.69, 9.17) is 5.11 Å². The number of carbonyl (C=O) groups excluding carboxylic acids is 1. The van der Waals surface area contributed by atoms with Crippen LogP contribution >= 0.6 is 0 Å². The first-order chi connectivity index (χ1) is 5.81. The zero-order chi connectivity index (χ0) is 8.55. The standard InChI is InChI=1S/C8H14N2O2/c11-5-6-1-8(12)10(4-6)7-2-9-3-7/h6-7,9,11H,1-5H2. The summed E-state index contributed by atoms with van der Waals surface area (Å²) < 4.78 is 0. The molecule has 2 rings (SSSR count). The maximum Gasteiger partial charge on any atom is 0.223 e. The number of likely N-dealkylation sites (tertiary alicyclic amines) is 1. The summed E-state index contributed by atoms with van der Waals surface area (Å²) in [4.78, 5) is 13.3. The Morgan fingerprint density at radius 1 is 1.58 bits per heavy atom. The Labute approximate surface area is 71.5 Å². The van der Waals surface area contributed by atoms with Crippen LogP contribution in [0.3, 0.4) is 0 Å². The van der Waals surface area contributed by atoms with Crippen molar-refractivity contribution in [3.8, 4) is 0 Å². The number of hydrogen-bond donors (Lipinski definition) is 2. The van der Waals surface area contributed by atoms with Gasteiger partial charge in [0.25, 0.3) is 0 Å². The molecule has 2 aliphatic heterocycles. The van der Waals surface area contributed by atoms with Crippen LogP contribution < -0.4 is 5.32 Å². The molecule has 2 heterocycles. The molecule has 0 aromatic heterocycles. The molecule has 2 aliphatic rings. The van der Waals surface area contributed by atoms with E-state index in [1.54, 1.807) is 0 Å². The zero-order valence-electron chi connectivity index (χ0n) is 6.99. The van der Waals surface area contributed by atoms with Crippen LogP contribution in [0.2, 0.25) is 0 Å². The molecule has 2 saturated heterocycles. The summed E-state index contributed by atoms with van der Waals surface area (Å²) >= 11 is 0. The fraction of sp³-hybridized carbons (Fsp3) is 0.875. The van der Waals surface area contributed by atoms with Crippen LogP contribution in [0.1, 0.15) is 6.42 Å². The minimum atomic E-state index is 0.141. The molecule has 0 bridgehead atoms. The van der Waals surface area contributed by atoms with Crippen LogP contribution in [0.25, 0.3) is 0 Å². The average molecular weight is 170 g/mol. The SMILES string of the molecule is O=C1CC(CO)CN1C1CNC1. The van der Waals surface area contributed by atoms with Gasteiger partial charge in [-0.1, -0.05) is 0 Å². The summed E-state index contributed by atoms with van der Waals surface area (Å²) in [5, 5.41) is 12.0. The van der Waals surface area contributed by atoms with Gasteiger partial charge in [-0.3, -0.25) is 4.79 Å². The molecule has 0 spiro atoms. The smallest absolute Gasteiger partial charge is 0.223 e. The number of hydrogen-bond acceptors (Lipinski definition) is 3. The topological polar surface area (TPSA) is 52.6 Å². The number of nitrogens with one attached hydrogen (secondary N) is 1. The number of aliphatic hydroxyl groups is 1. The van der Waals surface area contributed by atoms with Crippen LogP contribution in [0, 0.1) is 5.92 Å². The van der Waals surface area contributed by atoms with E-state index in [9.17, 15) is 4.79 Å². The second-order valence-corrected chi connectivity index (χ2v) is 3.61. The molecule has 2 fully saturated rings. The number of aliphatic hydroxyl groups excluding tert-OH is 1. The van der Waals surface area contributed by atoms with Crippen molar-refractivity contribution < 1.29 is 9.90 Å². The molecule has 0 aromatic rings. The summed E-state index contributed by atoms with van der Waals surface area (Å²) in [7, 11) is 0. The zero-order valence-corrected chi connectivity index (χ0v) is 6.99. The van der Waals surface area contributed by atoms with Gasteiger partial charge in [0.15, 0.2) is 0 Å². The molecule has 4 nitrogen and oxygen atoms in total. The molecule has 2 N–H and O–H groups in total. The first-order valence-electron chi connectivity index (χ1n) is 4.42. The van der Waals surface area contributed by atoms with Gasteiger partial charge < -0.3 is 15.3 Å². The van der Waals surface area contributed by atoms with Gasteiger partial charge in [0.2, 0.25) is 5.91 Å². The van der Waals surface area contributed by atoms with Crippen molar-refractivity contribution in [2.45, 2.75) is 12.5 Å². The third-order valence-electron chi connectivity index (χ3n) is 2.70. The Hall–Kier alpha value is -0.610. The van der Waals surface area contributed by atoms with E-state index >= 15 is 0 Å². The van der Waals surface area contributed by atoms with E-state index in [1.807, 2.05) is 4.90 Å². The van der Waals surface area contributed by atoms with Crippen molar-refractivity contribution in [1.82, 2.24) is 10.2 Å². The van der Waals surface area contributed by atoms with E-state index in [0.717, 1.165) is 19.6 Å². The lowest BCUT2D eigenvalue weighted by Gasteiger charge is -2.35. The Bertz CT molecular complexity index is 191. The van der Waals surface area contributed by atoms with Gasteiger partial charge in [-0.25, -0.2) is 0 Å². The second-order valence-electron chi connectivity index (χ2n) is 3.61. The number of rotatable bonds is 2. The van der Waals surface area contributed by atoms with E-state index < -0.39 is 0 Å². The van der Waals surface area contributed by atoms with Gasteiger partial charge >= 0.3 is 0 Å². The third kappa shape index (κ3) is 1.21. The number of amides is 1. The molecule has 0 aromatic carbocycles. The Morgan fingerprint density at radius 2 is 2.33 bits per heavy atom. The molecule has 1 amide bonds. The Morgan fingerprint density at radius 3 is 2.75 bits per heavy atom. The predicted octanol–water partition coefficient (Wildman–Crippen LogP) is -1.20. The van der Waals surface area contributed by atoms with E-state index in [2.05, 4.69) is 5.32 Å². The summed E-state index contributed by atoms with van der Waals surface area (Å²) in [6, 6.07) is 0.397. The van der Waals surface area contributed by atoms with Gasteiger partial charge in [0.1, 0.15) is 0 Å². The second kappa shape index (κ2) is 3.03. The van der Waals surface area contributed by atoms with E-state index in [0.29, 0.717) is 12.5 Å². The van der Waals surface area contributed by atoms with Gasteiger partial charge in [-0.05, 0) is 0 Å². The van der Waals surface area contributed by atoms with E-state index in [1.165, 1.54) is 0 Å². The maximum atomic E-state index is 11.4. The molecular formula is C8H14N2O2. The first-order valence-corrected chi connectivity index (χ1v) is 4.42. The molecule has 12 heavy (non-hydrogen) atoms. The normalized spacial score (nSPS) is 30.9. The fourth-order valence-corrected chi connectivity index (χ4v) is 1.78. The lowest BCUT2D eigenvalue weighted by atomic mass is 10.1. The molecule has 1 atom stereocenters. The Kier molecular flexibility index (Phi) is 2.02. The minimum Gasteiger partial charge on any atom is -0.396 e. The third-order valence-corrected chi connectivity index (χ3v) is 2.70. The highest BCUT2D eigenvalue weighted by atomic mass is 16.3. The van der Waals surface area contributed by atoms with Gasteiger partial charge in [0.05, 0.1) is 6.04 Å². The summed E-state index contributed by atoms with van der Waals surface area (Å²) in [5.74, 6) is 0.388. The largest absolute Gasteiger partial charge is 0.396 e. The molecular weight excluding hydrogens is 156 g/mol. The van der Waals surface area contributed by atoms with Crippen molar-refractivity contribution in [2.75, 3.05) is 26.2 Å². The predicted molar refractivity (Wildman–Crippen MR) is 43.6 cm³/mol. The fourth-order valence-electron chi connectivity index (χ4n) is 1.78. The summed E-state index contributed by atoms with van der Waals surface area (Å²) in [5.41, 5.74) is 0. The number of carbonyl (C=O) groups is 1. The minimum absolute atomic E-state index is 0.141. The van der Waals surface area contributed by atoms with Crippen molar-refractivity contribution >= 4 is 5.91 Å². The van der Waals surface area contributed by atoms with Gasteiger partial charge in [-0.15, -0.1) is 0 Å². The Balaban J connectivity index is 1.93. The molecule has 4 heteroatoms. The lowest BCUT2D eigenvalue weighted by molar-refractivity contribution is -0.130.